The zero-order valence-corrected chi connectivity index (χ0v) is 29.5. The van der Waals surface area contributed by atoms with Gasteiger partial charge in [-0.2, -0.15) is 0 Å². The van der Waals surface area contributed by atoms with E-state index in [1.54, 1.807) is 0 Å². The van der Waals surface area contributed by atoms with E-state index in [2.05, 4.69) is 187 Å². The fourth-order valence-corrected chi connectivity index (χ4v) is 9.47. The van der Waals surface area contributed by atoms with Crippen molar-refractivity contribution < 1.29 is 4.42 Å². The van der Waals surface area contributed by atoms with E-state index >= 15 is 0 Å². The predicted molar refractivity (Wildman–Crippen MR) is 227 cm³/mol. The number of anilines is 3. The number of rotatable bonds is 5. The summed E-state index contributed by atoms with van der Waals surface area (Å²) < 4.78 is 9.03. The molecule has 53 heavy (non-hydrogen) atoms. The van der Waals surface area contributed by atoms with Crippen LogP contribution in [0.15, 0.2) is 192 Å². The number of para-hydroxylation sites is 1. The van der Waals surface area contributed by atoms with Gasteiger partial charge in [-0.15, -0.1) is 11.3 Å². The summed E-state index contributed by atoms with van der Waals surface area (Å²) in [5.74, 6) is 0. The average molecular weight is 694 g/mol. The summed E-state index contributed by atoms with van der Waals surface area (Å²) in [7, 11) is 0. The van der Waals surface area contributed by atoms with Gasteiger partial charge < -0.3 is 9.32 Å². The highest BCUT2D eigenvalue weighted by molar-refractivity contribution is 7.26. The van der Waals surface area contributed by atoms with Crippen molar-refractivity contribution in [3.63, 3.8) is 0 Å². The minimum atomic E-state index is 0.877. The maximum absolute atomic E-state index is 6.40. The molecule has 0 amide bonds. The molecule has 2 heterocycles. The Morgan fingerprint density at radius 1 is 0.396 bits per heavy atom. The van der Waals surface area contributed by atoms with Crippen molar-refractivity contribution in [1.29, 1.82) is 0 Å². The lowest BCUT2D eigenvalue weighted by molar-refractivity contribution is 0.669. The van der Waals surface area contributed by atoms with Crippen LogP contribution in [-0.4, -0.2) is 0 Å². The number of fused-ring (bicyclic) bond motifs is 9. The number of furan rings is 1. The zero-order valence-electron chi connectivity index (χ0n) is 28.7. The van der Waals surface area contributed by atoms with Gasteiger partial charge in [-0.05, 0) is 92.3 Å². The molecule has 0 N–H and O–H groups in total. The molecule has 0 bridgehead atoms. The first-order chi connectivity index (χ1) is 26.3. The van der Waals surface area contributed by atoms with Gasteiger partial charge in [0.1, 0.15) is 11.2 Å². The molecule has 0 aliphatic carbocycles. The summed E-state index contributed by atoms with van der Waals surface area (Å²) in [6.07, 6.45) is 0. The normalized spacial score (nSPS) is 11.8. The third kappa shape index (κ3) is 4.78. The first kappa shape index (κ1) is 30.0. The van der Waals surface area contributed by atoms with Crippen LogP contribution in [0, 0.1) is 0 Å². The molecule has 0 fully saturated rings. The van der Waals surface area contributed by atoms with Crippen LogP contribution in [0.1, 0.15) is 0 Å². The van der Waals surface area contributed by atoms with E-state index in [0.29, 0.717) is 0 Å². The molecule has 0 spiro atoms. The topological polar surface area (TPSA) is 16.4 Å². The molecule has 9 aromatic carbocycles. The Hall–Kier alpha value is -6.68. The molecule has 11 aromatic rings. The van der Waals surface area contributed by atoms with Crippen molar-refractivity contribution in [1.82, 2.24) is 0 Å². The van der Waals surface area contributed by atoms with Gasteiger partial charge in [0, 0.05) is 36.9 Å². The third-order valence-corrected chi connectivity index (χ3v) is 11.9. The molecule has 0 unspecified atom stereocenters. The Balaban J connectivity index is 1.12. The SMILES string of the molecule is c1ccc(-c2ccc(-c3ccc(N(c4ccc5ccc6ccccc6c5c4)c4cccc5oc6ccccc6c45)cc3)c3c2sc2ccccc23)cc1. The van der Waals surface area contributed by atoms with Crippen molar-refractivity contribution in [2.24, 2.45) is 0 Å². The molecule has 0 atom stereocenters. The third-order valence-electron chi connectivity index (χ3n) is 10.7. The molecule has 11 rings (SSSR count). The first-order valence-corrected chi connectivity index (χ1v) is 18.8. The smallest absolute Gasteiger partial charge is 0.137 e. The van der Waals surface area contributed by atoms with Gasteiger partial charge >= 0.3 is 0 Å². The second kappa shape index (κ2) is 11.9. The lowest BCUT2D eigenvalue weighted by Crippen LogP contribution is -2.10. The highest BCUT2D eigenvalue weighted by Gasteiger charge is 2.21. The quantitative estimate of drug-likeness (QED) is 0.167. The van der Waals surface area contributed by atoms with E-state index in [0.717, 1.165) is 39.0 Å². The Morgan fingerprint density at radius 3 is 1.91 bits per heavy atom. The molecular formula is C50H31NOS. The molecule has 0 saturated carbocycles. The van der Waals surface area contributed by atoms with Gasteiger partial charge in [0.05, 0.1) is 11.1 Å². The molecule has 2 nitrogen and oxygen atoms in total. The minimum absolute atomic E-state index is 0.877. The fraction of sp³-hybridized carbons (Fsp3) is 0. The van der Waals surface area contributed by atoms with Gasteiger partial charge in [-0.1, -0.05) is 140 Å². The maximum atomic E-state index is 6.40. The van der Waals surface area contributed by atoms with Crippen LogP contribution in [0.25, 0.3) is 85.9 Å². The Kier molecular flexibility index (Phi) is 6.76. The van der Waals surface area contributed by atoms with Crippen LogP contribution in [-0.2, 0) is 0 Å². The maximum Gasteiger partial charge on any atom is 0.137 e. The van der Waals surface area contributed by atoms with Gasteiger partial charge in [0.15, 0.2) is 0 Å². The van der Waals surface area contributed by atoms with Crippen molar-refractivity contribution >= 4 is 92.1 Å². The second-order valence-electron chi connectivity index (χ2n) is 13.7. The van der Waals surface area contributed by atoms with Crippen LogP contribution in [0.2, 0.25) is 0 Å². The number of benzene rings is 9. The number of hydrogen-bond donors (Lipinski definition) is 0. The molecule has 0 aliphatic heterocycles. The van der Waals surface area contributed by atoms with E-state index < -0.39 is 0 Å². The van der Waals surface area contributed by atoms with Crippen LogP contribution in [0.4, 0.5) is 17.1 Å². The molecule has 248 valence electrons. The second-order valence-corrected chi connectivity index (χ2v) is 14.7. The highest BCUT2D eigenvalue weighted by Crippen LogP contribution is 2.47. The molecule has 0 aliphatic rings. The molecule has 3 heteroatoms. The summed E-state index contributed by atoms with van der Waals surface area (Å²) >= 11 is 1.88. The summed E-state index contributed by atoms with van der Waals surface area (Å²) in [4.78, 5) is 2.39. The van der Waals surface area contributed by atoms with Crippen molar-refractivity contribution in [2.75, 3.05) is 4.90 Å². The largest absolute Gasteiger partial charge is 0.456 e. The van der Waals surface area contributed by atoms with Crippen LogP contribution >= 0.6 is 11.3 Å². The van der Waals surface area contributed by atoms with E-state index in [9.17, 15) is 0 Å². The lowest BCUT2D eigenvalue weighted by atomic mass is 9.94. The number of nitrogens with zero attached hydrogens (tertiary/aromatic N) is 1. The van der Waals surface area contributed by atoms with Crippen LogP contribution in [0.3, 0.4) is 0 Å². The summed E-state index contributed by atoms with van der Waals surface area (Å²) in [6, 6.07) is 67.9. The Bertz CT molecular complexity index is 3170. The zero-order chi connectivity index (χ0) is 34.9. The number of hydrogen-bond acceptors (Lipinski definition) is 3. The summed E-state index contributed by atoms with van der Waals surface area (Å²) in [6.45, 7) is 0. The van der Waals surface area contributed by atoms with Gasteiger partial charge in [-0.3, -0.25) is 0 Å². The van der Waals surface area contributed by atoms with Crippen LogP contribution in [0.5, 0.6) is 0 Å². The molecule has 2 aromatic heterocycles. The van der Waals surface area contributed by atoms with E-state index in [-0.39, 0.29) is 0 Å². The first-order valence-electron chi connectivity index (χ1n) is 18.0. The monoisotopic (exact) mass is 693 g/mol. The van der Waals surface area contributed by atoms with Gasteiger partial charge in [0.2, 0.25) is 0 Å². The van der Waals surface area contributed by atoms with Gasteiger partial charge in [0.25, 0.3) is 0 Å². The minimum Gasteiger partial charge on any atom is -0.456 e. The van der Waals surface area contributed by atoms with Crippen LogP contribution < -0.4 is 4.90 Å². The van der Waals surface area contributed by atoms with E-state index in [4.69, 9.17) is 4.42 Å². The van der Waals surface area contributed by atoms with Crippen molar-refractivity contribution in [3.8, 4) is 22.3 Å². The Labute approximate surface area is 310 Å². The fourth-order valence-electron chi connectivity index (χ4n) is 8.20. The standard InChI is InChI=1S/C50H31NOS/c1-2-11-32(12-3-1)40-30-29-39(48-42-16-7-9-20-47(42)53-50(40)48)34-23-26-36(27-24-34)51(44-17-10-19-46-49(44)41-15-6-8-18-45(41)52-46)37-28-25-35-22-21-33-13-4-5-14-38(33)43(35)31-37/h1-31H. The Morgan fingerprint density at radius 2 is 1.04 bits per heavy atom. The average Bonchev–Trinajstić information content (AvgIpc) is 3.81. The number of thiophene rings is 1. The van der Waals surface area contributed by atoms with Crippen molar-refractivity contribution in [2.45, 2.75) is 0 Å². The predicted octanol–water partition coefficient (Wildman–Crippen LogP) is 15.1. The summed E-state index contributed by atoms with van der Waals surface area (Å²) in [5, 5.41) is 9.77. The molecular weight excluding hydrogens is 663 g/mol. The van der Waals surface area contributed by atoms with Crippen molar-refractivity contribution in [3.05, 3.63) is 188 Å². The van der Waals surface area contributed by atoms with Gasteiger partial charge in [-0.25, -0.2) is 0 Å². The molecule has 0 radical (unpaired) electrons. The van der Waals surface area contributed by atoms with E-state index in [1.807, 2.05) is 17.4 Å². The summed E-state index contributed by atoms with van der Waals surface area (Å²) in [5.41, 5.74) is 9.98. The molecule has 0 saturated heterocycles. The van der Waals surface area contributed by atoms with E-state index in [1.165, 1.54) is 64.0 Å². The lowest BCUT2D eigenvalue weighted by Gasteiger charge is -2.27. The highest BCUT2D eigenvalue weighted by atomic mass is 32.1.